The third-order valence-corrected chi connectivity index (χ3v) is 8.37. The number of hydrogen-bond acceptors (Lipinski definition) is 5. The molecule has 1 saturated carbocycles. The zero-order valence-corrected chi connectivity index (χ0v) is 22.8. The Morgan fingerprint density at radius 3 is 2.50 bits per heavy atom. The number of nitrogens with one attached hydrogen (secondary N) is 2. The molecule has 40 heavy (non-hydrogen) atoms. The van der Waals surface area contributed by atoms with Crippen LogP contribution in [0.4, 0.5) is 18.9 Å². The molecule has 1 saturated heterocycles. The minimum absolute atomic E-state index is 0.00232. The zero-order chi connectivity index (χ0) is 29.4. The van der Waals surface area contributed by atoms with E-state index in [0.717, 1.165) is 24.2 Å². The Balaban J connectivity index is 1.61. The van der Waals surface area contributed by atoms with Crippen LogP contribution in [0.3, 0.4) is 0 Å². The summed E-state index contributed by atoms with van der Waals surface area (Å²) in [6.07, 6.45) is -2.49. The topological polar surface area (TPSA) is 123 Å². The lowest BCUT2D eigenvalue weighted by molar-refractivity contribution is -0.175. The molecule has 0 radical (unpaired) electrons. The second-order valence-electron chi connectivity index (χ2n) is 11.5. The molecule has 2 fully saturated rings. The summed E-state index contributed by atoms with van der Waals surface area (Å²) in [6.45, 7) is 3.60. The van der Waals surface area contributed by atoms with Gasteiger partial charge in [-0.05, 0) is 36.3 Å². The molecule has 9 nitrogen and oxygen atoms in total. The smallest absolute Gasteiger partial charge is 0.336 e. The molecule has 0 bridgehead atoms. The summed E-state index contributed by atoms with van der Waals surface area (Å²) >= 11 is 0. The van der Waals surface area contributed by atoms with E-state index in [-0.39, 0.29) is 43.6 Å². The number of likely N-dealkylation sites (N-methyl/N-ethyl adjacent to an activating group) is 1. The lowest BCUT2D eigenvalue weighted by Crippen LogP contribution is -2.57. The molecular formula is C28H34F3N5O4. The molecule has 2 N–H and O–H groups in total. The highest BCUT2D eigenvalue weighted by Gasteiger charge is 2.57. The van der Waals surface area contributed by atoms with Crippen LogP contribution in [-0.4, -0.2) is 71.3 Å². The lowest BCUT2D eigenvalue weighted by atomic mass is 9.80. The van der Waals surface area contributed by atoms with E-state index < -0.39 is 47.4 Å². The molecule has 1 unspecified atom stereocenters. The van der Waals surface area contributed by atoms with Gasteiger partial charge in [-0.15, -0.1) is 0 Å². The van der Waals surface area contributed by atoms with Crippen LogP contribution in [0.1, 0.15) is 57.9 Å². The molecular weight excluding hydrogens is 527 g/mol. The van der Waals surface area contributed by atoms with E-state index in [0.29, 0.717) is 11.3 Å². The van der Waals surface area contributed by atoms with Crippen molar-refractivity contribution in [2.24, 2.45) is 11.8 Å². The molecule has 3 aliphatic rings. The number of benzene rings is 1. The number of nitrogens with zero attached hydrogens (tertiary/aromatic N) is 3. The molecule has 1 aromatic carbocycles. The van der Waals surface area contributed by atoms with Gasteiger partial charge in [0.1, 0.15) is 18.1 Å². The molecule has 2 aliphatic heterocycles. The van der Waals surface area contributed by atoms with Crippen LogP contribution in [-0.2, 0) is 24.6 Å². The molecule has 0 aromatic heterocycles. The highest BCUT2D eigenvalue weighted by atomic mass is 19.4. The molecule has 4 amide bonds. The van der Waals surface area contributed by atoms with Gasteiger partial charge in [-0.3, -0.25) is 19.2 Å². The molecule has 4 rings (SSSR count). The molecule has 1 spiro atoms. The summed E-state index contributed by atoms with van der Waals surface area (Å²) in [5, 5.41) is 14.6. The van der Waals surface area contributed by atoms with Crippen LogP contribution in [0.2, 0.25) is 0 Å². The van der Waals surface area contributed by atoms with Gasteiger partial charge in [0.15, 0.2) is 0 Å². The minimum atomic E-state index is -5.16. The van der Waals surface area contributed by atoms with Crippen molar-refractivity contribution in [1.82, 2.24) is 15.1 Å². The van der Waals surface area contributed by atoms with Crippen molar-refractivity contribution >= 4 is 29.3 Å². The fourth-order valence-corrected chi connectivity index (χ4v) is 5.97. The third kappa shape index (κ3) is 5.51. The highest BCUT2D eigenvalue weighted by molar-refractivity contribution is 6.07. The number of para-hydroxylation sites is 1. The van der Waals surface area contributed by atoms with Crippen molar-refractivity contribution in [3.8, 4) is 6.07 Å². The third-order valence-electron chi connectivity index (χ3n) is 8.37. The summed E-state index contributed by atoms with van der Waals surface area (Å²) in [4.78, 5) is 54.9. The first kappa shape index (κ1) is 29.4. The second kappa shape index (κ2) is 11.1. The number of hydrogen-bond donors (Lipinski definition) is 2. The van der Waals surface area contributed by atoms with Gasteiger partial charge in [-0.2, -0.15) is 18.4 Å². The molecule has 216 valence electrons. The van der Waals surface area contributed by atoms with Crippen LogP contribution in [0, 0.1) is 23.2 Å². The Labute approximate surface area is 231 Å². The predicted octanol–water partition coefficient (Wildman–Crippen LogP) is 3.11. The summed E-state index contributed by atoms with van der Waals surface area (Å²) in [5.41, 5.74) is 0.185. The first-order valence-electron chi connectivity index (χ1n) is 13.5. The second-order valence-corrected chi connectivity index (χ2v) is 11.5. The van der Waals surface area contributed by atoms with Crippen LogP contribution >= 0.6 is 0 Å². The first-order valence-corrected chi connectivity index (χ1v) is 13.5. The maximum absolute atomic E-state index is 14.0. The summed E-state index contributed by atoms with van der Waals surface area (Å²) in [5.74, 6) is -3.97. The summed E-state index contributed by atoms with van der Waals surface area (Å²) < 4.78 is 39.2. The van der Waals surface area contributed by atoms with Crippen molar-refractivity contribution in [1.29, 1.82) is 5.26 Å². The largest absolute Gasteiger partial charge is 0.471 e. The van der Waals surface area contributed by atoms with Gasteiger partial charge in [-0.25, -0.2) is 0 Å². The molecule has 12 heteroatoms. The van der Waals surface area contributed by atoms with Gasteiger partial charge in [0, 0.05) is 25.7 Å². The van der Waals surface area contributed by atoms with E-state index in [2.05, 4.69) is 11.4 Å². The average Bonchev–Trinajstić information content (AvgIpc) is 3.40. The number of nitriles is 1. The average molecular weight is 562 g/mol. The Kier molecular flexibility index (Phi) is 8.15. The standard InChI is InChI=1S/C28H34F3N5O4/c1-16(2)11-22(35(3)23(37)21(12-17-7-6-8-17)34-26(40)28(29,30)31)24(38)36-15-27(13-18(36)14-32)19-9-4-5-10-20(19)33-25(27)39/h4-5,9-10,16-18,21-22H,6-8,11-13,15H2,1-3H3,(H,33,39)(H,34,40)/t18-,21?,22-,27-/m0/s1. The molecule has 1 aliphatic carbocycles. The monoisotopic (exact) mass is 561 g/mol. The van der Waals surface area contributed by atoms with E-state index in [1.165, 1.54) is 11.9 Å². The van der Waals surface area contributed by atoms with Crippen molar-refractivity contribution in [2.45, 2.75) is 82.1 Å². The van der Waals surface area contributed by atoms with E-state index in [9.17, 15) is 37.6 Å². The summed E-state index contributed by atoms with van der Waals surface area (Å²) in [6, 6.07) is 5.70. The van der Waals surface area contributed by atoms with Crippen LogP contribution < -0.4 is 10.6 Å². The molecule has 1 aromatic rings. The Morgan fingerprint density at radius 2 is 1.93 bits per heavy atom. The number of amides is 4. The van der Waals surface area contributed by atoms with E-state index in [1.54, 1.807) is 24.3 Å². The predicted molar refractivity (Wildman–Crippen MR) is 138 cm³/mol. The van der Waals surface area contributed by atoms with Gasteiger partial charge in [0.05, 0.1) is 11.5 Å². The Morgan fingerprint density at radius 1 is 1.25 bits per heavy atom. The molecule has 4 atom stereocenters. The van der Waals surface area contributed by atoms with E-state index in [1.807, 2.05) is 19.2 Å². The van der Waals surface area contributed by atoms with Gasteiger partial charge >= 0.3 is 12.1 Å². The Hall–Kier alpha value is -3.62. The first-order chi connectivity index (χ1) is 18.8. The molecule has 2 heterocycles. The number of likely N-dealkylation sites (tertiary alicyclic amines) is 1. The number of rotatable bonds is 8. The number of halogens is 3. The van der Waals surface area contributed by atoms with Gasteiger partial charge in [-0.1, -0.05) is 51.3 Å². The van der Waals surface area contributed by atoms with Crippen molar-refractivity contribution in [2.75, 3.05) is 18.9 Å². The van der Waals surface area contributed by atoms with Crippen LogP contribution in [0.5, 0.6) is 0 Å². The SMILES string of the molecule is CC(C)C[C@@H](C(=O)N1C[C@]2(C[C@H]1C#N)C(=O)Nc1ccccc12)N(C)C(=O)C(CC1CCC1)NC(=O)C(F)(F)F. The van der Waals surface area contributed by atoms with Gasteiger partial charge in [0.2, 0.25) is 17.7 Å². The highest BCUT2D eigenvalue weighted by Crippen LogP contribution is 2.46. The van der Waals surface area contributed by atoms with Gasteiger partial charge < -0.3 is 20.4 Å². The quantitative estimate of drug-likeness (QED) is 0.505. The van der Waals surface area contributed by atoms with Crippen LogP contribution in [0.25, 0.3) is 0 Å². The summed E-state index contributed by atoms with van der Waals surface area (Å²) in [7, 11) is 1.34. The van der Waals surface area contributed by atoms with Crippen molar-refractivity contribution in [3.63, 3.8) is 0 Å². The maximum atomic E-state index is 14.0. The maximum Gasteiger partial charge on any atom is 0.471 e. The van der Waals surface area contributed by atoms with E-state index >= 15 is 0 Å². The number of carbonyl (C=O) groups excluding carboxylic acids is 4. The number of anilines is 1. The lowest BCUT2D eigenvalue weighted by Gasteiger charge is -2.36. The fraction of sp³-hybridized carbons (Fsp3) is 0.607. The normalized spacial score (nSPS) is 23.7. The fourth-order valence-electron chi connectivity index (χ4n) is 5.97. The minimum Gasteiger partial charge on any atom is -0.336 e. The number of alkyl halides is 3. The Bertz CT molecular complexity index is 1230. The zero-order valence-electron chi connectivity index (χ0n) is 22.8. The van der Waals surface area contributed by atoms with Crippen molar-refractivity contribution < 1.29 is 32.3 Å². The van der Waals surface area contributed by atoms with Crippen molar-refractivity contribution in [3.05, 3.63) is 29.8 Å². The van der Waals surface area contributed by atoms with Gasteiger partial charge in [0.25, 0.3) is 0 Å². The van der Waals surface area contributed by atoms with E-state index in [4.69, 9.17) is 0 Å². The van der Waals surface area contributed by atoms with Crippen LogP contribution in [0.15, 0.2) is 24.3 Å². The number of carbonyl (C=O) groups is 4. The number of fused-ring (bicyclic) bond motifs is 2.